The highest BCUT2D eigenvalue weighted by Crippen LogP contribution is 2.18. The molecule has 0 aliphatic rings. The SMILES string of the molecule is NCCCN(Cc1ccccn1)c1cccc(F)c1. The fourth-order valence-corrected chi connectivity index (χ4v) is 1.94. The van der Waals surface area contributed by atoms with Crippen molar-refractivity contribution in [2.24, 2.45) is 5.73 Å². The Kier molecular flexibility index (Phi) is 4.86. The first-order valence-electron chi connectivity index (χ1n) is 6.40. The number of aromatic nitrogens is 1. The molecule has 0 saturated heterocycles. The van der Waals surface area contributed by atoms with Crippen molar-refractivity contribution in [3.63, 3.8) is 0 Å². The molecule has 0 spiro atoms. The van der Waals surface area contributed by atoms with Crippen LogP contribution in [0.2, 0.25) is 0 Å². The molecule has 1 aromatic carbocycles. The van der Waals surface area contributed by atoms with Gasteiger partial charge < -0.3 is 10.6 Å². The van der Waals surface area contributed by atoms with E-state index in [9.17, 15) is 4.39 Å². The van der Waals surface area contributed by atoms with Gasteiger partial charge >= 0.3 is 0 Å². The standard InChI is InChI=1S/C15H18FN3/c16-13-5-3-7-15(11-13)19(10-4-8-17)12-14-6-1-2-9-18-14/h1-3,5-7,9,11H,4,8,10,12,17H2. The summed E-state index contributed by atoms with van der Waals surface area (Å²) in [6.45, 7) is 2.06. The van der Waals surface area contributed by atoms with E-state index in [4.69, 9.17) is 5.73 Å². The molecule has 0 fully saturated rings. The van der Waals surface area contributed by atoms with Crippen molar-refractivity contribution >= 4 is 5.69 Å². The molecule has 2 aromatic rings. The lowest BCUT2D eigenvalue weighted by Gasteiger charge is -2.24. The van der Waals surface area contributed by atoms with Crippen molar-refractivity contribution in [1.29, 1.82) is 0 Å². The van der Waals surface area contributed by atoms with E-state index in [-0.39, 0.29) is 5.82 Å². The Morgan fingerprint density at radius 2 is 2.05 bits per heavy atom. The van der Waals surface area contributed by atoms with Gasteiger partial charge in [-0.2, -0.15) is 0 Å². The van der Waals surface area contributed by atoms with Crippen LogP contribution in [0.4, 0.5) is 10.1 Å². The lowest BCUT2D eigenvalue weighted by Crippen LogP contribution is -2.26. The van der Waals surface area contributed by atoms with E-state index in [1.807, 2.05) is 24.3 Å². The van der Waals surface area contributed by atoms with E-state index in [2.05, 4.69) is 9.88 Å². The van der Waals surface area contributed by atoms with Crippen LogP contribution in [0, 0.1) is 5.82 Å². The molecular formula is C15H18FN3. The van der Waals surface area contributed by atoms with Crippen LogP contribution in [0.15, 0.2) is 48.7 Å². The minimum absolute atomic E-state index is 0.226. The minimum Gasteiger partial charge on any atom is -0.365 e. The van der Waals surface area contributed by atoms with Gasteiger partial charge in [0, 0.05) is 18.4 Å². The molecule has 1 aromatic heterocycles. The Bertz CT molecular complexity index is 502. The summed E-state index contributed by atoms with van der Waals surface area (Å²) >= 11 is 0. The van der Waals surface area contributed by atoms with Crippen LogP contribution in [0.1, 0.15) is 12.1 Å². The van der Waals surface area contributed by atoms with E-state index in [0.717, 1.165) is 24.3 Å². The normalized spacial score (nSPS) is 10.4. The highest BCUT2D eigenvalue weighted by atomic mass is 19.1. The molecular weight excluding hydrogens is 241 g/mol. The van der Waals surface area contributed by atoms with E-state index in [0.29, 0.717) is 13.1 Å². The third kappa shape index (κ3) is 4.03. The molecule has 4 heteroatoms. The fourth-order valence-electron chi connectivity index (χ4n) is 1.94. The number of hydrogen-bond acceptors (Lipinski definition) is 3. The predicted octanol–water partition coefficient (Wildman–Crippen LogP) is 2.58. The van der Waals surface area contributed by atoms with Gasteiger partial charge in [0.15, 0.2) is 0 Å². The Balaban J connectivity index is 2.16. The molecule has 100 valence electrons. The van der Waals surface area contributed by atoms with E-state index < -0.39 is 0 Å². The van der Waals surface area contributed by atoms with E-state index >= 15 is 0 Å². The highest BCUT2D eigenvalue weighted by Gasteiger charge is 2.08. The van der Waals surface area contributed by atoms with Gasteiger partial charge in [0.2, 0.25) is 0 Å². The fraction of sp³-hybridized carbons (Fsp3) is 0.267. The lowest BCUT2D eigenvalue weighted by molar-refractivity contribution is 0.625. The van der Waals surface area contributed by atoms with Gasteiger partial charge in [0.05, 0.1) is 12.2 Å². The monoisotopic (exact) mass is 259 g/mol. The van der Waals surface area contributed by atoms with Gasteiger partial charge in [0.25, 0.3) is 0 Å². The van der Waals surface area contributed by atoms with Crippen LogP contribution in [0.5, 0.6) is 0 Å². The third-order valence-electron chi connectivity index (χ3n) is 2.88. The summed E-state index contributed by atoms with van der Waals surface area (Å²) in [5.74, 6) is -0.226. The van der Waals surface area contributed by atoms with Crippen LogP contribution in [-0.2, 0) is 6.54 Å². The van der Waals surface area contributed by atoms with Gasteiger partial charge in [0.1, 0.15) is 5.82 Å². The molecule has 1 heterocycles. The minimum atomic E-state index is -0.226. The summed E-state index contributed by atoms with van der Waals surface area (Å²) in [5, 5.41) is 0. The summed E-state index contributed by atoms with van der Waals surface area (Å²) in [6.07, 6.45) is 2.63. The van der Waals surface area contributed by atoms with Crippen molar-refractivity contribution in [3.8, 4) is 0 Å². The molecule has 0 amide bonds. The maximum Gasteiger partial charge on any atom is 0.125 e. The maximum atomic E-state index is 13.3. The zero-order chi connectivity index (χ0) is 13.5. The summed E-state index contributed by atoms with van der Waals surface area (Å²) in [4.78, 5) is 6.40. The van der Waals surface area contributed by atoms with Gasteiger partial charge in [-0.3, -0.25) is 4.98 Å². The summed E-state index contributed by atoms with van der Waals surface area (Å²) in [7, 11) is 0. The molecule has 0 aliphatic heterocycles. The zero-order valence-electron chi connectivity index (χ0n) is 10.8. The smallest absolute Gasteiger partial charge is 0.125 e. The molecule has 0 radical (unpaired) electrons. The average molecular weight is 259 g/mol. The van der Waals surface area contributed by atoms with Crippen LogP contribution >= 0.6 is 0 Å². The third-order valence-corrected chi connectivity index (χ3v) is 2.88. The van der Waals surface area contributed by atoms with Crippen LogP contribution in [0.25, 0.3) is 0 Å². The quantitative estimate of drug-likeness (QED) is 0.867. The molecule has 0 atom stereocenters. The second kappa shape index (κ2) is 6.85. The maximum absolute atomic E-state index is 13.3. The van der Waals surface area contributed by atoms with Crippen molar-refractivity contribution in [2.75, 3.05) is 18.0 Å². The average Bonchev–Trinajstić information content (AvgIpc) is 2.44. The number of hydrogen-bond donors (Lipinski definition) is 1. The van der Waals surface area contributed by atoms with Gasteiger partial charge in [-0.15, -0.1) is 0 Å². The van der Waals surface area contributed by atoms with Crippen molar-refractivity contribution in [2.45, 2.75) is 13.0 Å². The largest absolute Gasteiger partial charge is 0.365 e. The summed E-state index contributed by atoms with van der Waals surface area (Å²) in [5.41, 5.74) is 7.38. The van der Waals surface area contributed by atoms with Crippen LogP contribution < -0.4 is 10.6 Å². The molecule has 2 N–H and O–H groups in total. The van der Waals surface area contributed by atoms with Crippen LogP contribution in [-0.4, -0.2) is 18.1 Å². The Hall–Kier alpha value is -1.94. The lowest BCUT2D eigenvalue weighted by atomic mass is 10.2. The number of nitrogens with zero attached hydrogens (tertiary/aromatic N) is 2. The number of halogens is 1. The first-order valence-corrected chi connectivity index (χ1v) is 6.40. The van der Waals surface area contributed by atoms with Gasteiger partial charge in [-0.05, 0) is 43.3 Å². The van der Waals surface area contributed by atoms with Crippen LogP contribution in [0.3, 0.4) is 0 Å². The van der Waals surface area contributed by atoms with E-state index in [1.54, 1.807) is 18.3 Å². The molecule has 2 rings (SSSR count). The Morgan fingerprint density at radius 1 is 1.16 bits per heavy atom. The number of benzene rings is 1. The molecule has 0 unspecified atom stereocenters. The van der Waals surface area contributed by atoms with Gasteiger partial charge in [-0.25, -0.2) is 4.39 Å². The molecule has 0 bridgehead atoms. The molecule has 19 heavy (non-hydrogen) atoms. The first kappa shape index (κ1) is 13.5. The predicted molar refractivity (Wildman–Crippen MR) is 75.4 cm³/mol. The van der Waals surface area contributed by atoms with Crippen molar-refractivity contribution in [1.82, 2.24) is 4.98 Å². The molecule has 0 aliphatic carbocycles. The number of rotatable bonds is 6. The highest BCUT2D eigenvalue weighted by molar-refractivity contribution is 5.46. The van der Waals surface area contributed by atoms with Crippen molar-refractivity contribution < 1.29 is 4.39 Å². The van der Waals surface area contributed by atoms with E-state index in [1.165, 1.54) is 6.07 Å². The van der Waals surface area contributed by atoms with Gasteiger partial charge in [-0.1, -0.05) is 12.1 Å². The number of anilines is 1. The topological polar surface area (TPSA) is 42.1 Å². The summed E-state index contributed by atoms with van der Waals surface area (Å²) < 4.78 is 13.3. The molecule has 3 nitrogen and oxygen atoms in total. The zero-order valence-corrected chi connectivity index (χ0v) is 10.8. The summed E-state index contributed by atoms with van der Waals surface area (Å²) in [6, 6.07) is 12.4. The number of pyridine rings is 1. The van der Waals surface area contributed by atoms with Crippen molar-refractivity contribution in [3.05, 3.63) is 60.2 Å². The second-order valence-corrected chi connectivity index (χ2v) is 4.36. The number of nitrogens with two attached hydrogens (primary N) is 1. The first-order chi connectivity index (χ1) is 9.29. The molecule has 0 saturated carbocycles. The Morgan fingerprint density at radius 3 is 2.74 bits per heavy atom. The second-order valence-electron chi connectivity index (χ2n) is 4.36. The Labute approximate surface area is 112 Å².